The summed E-state index contributed by atoms with van der Waals surface area (Å²) in [6.07, 6.45) is 5.72. The summed E-state index contributed by atoms with van der Waals surface area (Å²) in [7, 11) is 0. The van der Waals surface area contributed by atoms with E-state index in [1.165, 1.54) is 23.1 Å². The van der Waals surface area contributed by atoms with Gasteiger partial charge in [0.2, 0.25) is 5.91 Å². The maximum absolute atomic E-state index is 12.3. The third kappa shape index (κ3) is 3.62. The molecule has 0 bridgehead atoms. The molecule has 3 heterocycles. The Labute approximate surface area is 131 Å². The first-order valence-corrected chi connectivity index (χ1v) is 8.72. The van der Waals surface area contributed by atoms with Crippen LogP contribution < -0.4 is 0 Å². The summed E-state index contributed by atoms with van der Waals surface area (Å²) >= 11 is 3.00. The number of thioether (sulfide) groups is 1. The average molecular weight is 323 g/mol. The number of carbonyl (C=O) groups excluding carboxylic acids is 1. The van der Waals surface area contributed by atoms with Crippen molar-refractivity contribution < 1.29 is 4.79 Å². The van der Waals surface area contributed by atoms with Gasteiger partial charge in [0.15, 0.2) is 4.34 Å². The molecule has 0 aliphatic carbocycles. The number of H-pyrrole nitrogens is 1. The molecule has 1 amide bonds. The number of nitrogens with one attached hydrogen (secondary N) is 1. The van der Waals surface area contributed by atoms with Gasteiger partial charge in [0, 0.05) is 31.4 Å². The number of hydrogen-bond acceptors (Lipinski definition) is 6. The molecule has 1 saturated heterocycles. The topological polar surface area (TPSA) is 74.8 Å². The van der Waals surface area contributed by atoms with Gasteiger partial charge in [-0.05, 0) is 19.8 Å². The Morgan fingerprint density at radius 3 is 3.19 bits per heavy atom. The molecule has 1 fully saturated rings. The van der Waals surface area contributed by atoms with Crippen LogP contribution in [0.2, 0.25) is 0 Å². The van der Waals surface area contributed by atoms with Crippen LogP contribution in [0.3, 0.4) is 0 Å². The number of imidazole rings is 1. The van der Waals surface area contributed by atoms with Gasteiger partial charge in [0.05, 0.1) is 5.75 Å². The van der Waals surface area contributed by atoms with Crippen molar-refractivity contribution in [1.29, 1.82) is 0 Å². The van der Waals surface area contributed by atoms with Crippen molar-refractivity contribution >= 4 is 29.0 Å². The van der Waals surface area contributed by atoms with Gasteiger partial charge in [-0.2, -0.15) is 0 Å². The molecule has 8 heteroatoms. The average Bonchev–Trinajstić information content (AvgIpc) is 3.16. The zero-order valence-corrected chi connectivity index (χ0v) is 13.4. The van der Waals surface area contributed by atoms with Crippen LogP contribution in [-0.2, 0) is 4.79 Å². The molecule has 6 nitrogen and oxygen atoms in total. The fraction of sp³-hybridized carbons (Fsp3) is 0.538. The molecule has 112 valence electrons. The van der Waals surface area contributed by atoms with E-state index in [4.69, 9.17) is 0 Å². The predicted octanol–water partition coefficient (Wildman–Crippen LogP) is 2.07. The lowest BCUT2D eigenvalue weighted by Crippen LogP contribution is -2.40. The molecular weight excluding hydrogens is 306 g/mol. The maximum Gasteiger partial charge on any atom is 0.233 e. The van der Waals surface area contributed by atoms with Crippen LogP contribution >= 0.6 is 23.1 Å². The lowest BCUT2D eigenvalue weighted by molar-refractivity contribution is -0.129. The minimum atomic E-state index is 0.170. The highest BCUT2D eigenvalue weighted by molar-refractivity contribution is 8.01. The number of rotatable bonds is 4. The van der Waals surface area contributed by atoms with E-state index in [0.29, 0.717) is 11.7 Å². The molecule has 21 heavy (non-hydrogen) atoms. The Hall–Kier alpha value is -1.41. The molecule has 1 aliphatic rings. The first kappa shape index (κ1) is 14.5. The quantitative estimate of drug-likeness (QED) is 0.872. The fourth-order valence-electron chi connectivity index (χ4n) is 2.48. The Balaban J connectivity index is 1.54. The van der Waals surface area contributed by atoms with Gasteiger partial charge in [0.25, 0.3) is 0 Å². The van der Waals surface area contributed by atoms with Gasteiger partial charge in [-0.25, -0.2) is 4.98 Å². The number of aromatic amines is 1. The molecule has 3 rings (SSSR count). The molecule has 1 N–H and O–H groups in total. The van der Waals surface area contributed by atoms with E-state index >= 15 is 0 Å². The lowest BCUT2D eigenvalue weighted by Gasteiger charge is -2.31. The normalized spacial score (nSPS) is 18.9. The second-order valence-electron chi connectivity index (χ2n) is 5.03. The molecule has 0 unspecified atom stereocenters. The number of hydrogen-bond donors (Lipinski definition) is 1. The van der Waals surface area contributed by atoms with Crippen molar-refractivity contribution in [3.8, 4) is 0 Å². The molecule has 0 spiro atoms. The van der Waals surface area contributed by atoms with Gasteiger partial charge >= 0.3 is 0 Å². The summed E-state index contributed by atoms with van der Waals surface area (Å²) in [5.74, 6) is 1.91. The summed E-state index contributed by atoms with van der Waals surface area (Å²) < 4.78 is 0.862. The Morgan fingerprint density at radius 1 is 1.57 bits per heavy atom. The molecule has 0 saturated carbocycles. The highest BCUT2D eigenvalue weighted by Crippen LogP contribution is 2.26. The molecule has 2 aromatic heterocycles. The smallest absolute Gasteiger partial charge is 0.233 e. The van der Waals surface area contributed by atoms with E-state index in [2.05, 4.69) is 20.2 Å². The van der Waals surface area contributed by atoms with Crippen LogP contribution in [0, 0.1) is 6.92 Å². The van der Waals surface area contributed by atoms with Crippen molar-refractivity contribution in [1.82, 2.24) is 25.1 Å². The molecule has 1 atom stereocenters. The minimum absolute atomic E-state index is 0.170. The van der Waals surface area contributed by atoms with Crippen LogP contribution in [0.1, 0.15) is 29.6 Å². The van der Waals surface area contributed by atoms with Crippen LogP contribution in [-0.4, -0.2) is 49.8 Å². The van der Waals surface area contributed by atoms with Crippen molar-refractivity contribution in [2.24, 2.45) is 0 Å². The van der Waals surface area contributed by atoms with Gasteiger partial charge in [-0.3, -0.25) is 4.79 Å². The predicted molar refractivity (Wildman–Crippen MR) is 82.5 cm³/mol. The van der Waals surface area contributed by atoms with Crippen LogP contribution in [0.15, 0.2) is 16.7 Å². The summed E-state index contributed by atoms with van der Waals surface area (Å²) in [6.45, 7) is 3.51. The number of piperidine rings is 1. The summed E-state index contributed by atoms with van der Waals surface area (Å²) in [5.41, 5.74) is 0. The van der Waals surface area contributed by atoms with Crippen molar-refractivity contribution in [3.05, 3.63) is 23.2 Å². The highest BCUT2D eigenvalue weighted by Gasteiger charge is 2.26. The van der Waals surface area contributed by atoms with Gasteiger partial charge in [-0.1, -0.05) is 23.1 Å². The third-order valence-electron chi connectivity index (χ3n) is 3.51. The van der Waals surface area contributed by atoms with E-state index in [-0.39, 0.29) is 5.91 Å². The van der Waals surface area contributed by atoms with E-state index in [0.717, 1.165) is 41.1 Å². The molecule has 1 aliphatic heterocycles. The summed E-state index contributed by atoms with van der Waals surface area (Å²) in [5, 5.41) is 8.93. The van der Waals surface area contributed by atoms with E-state index < -0.39 is 0 Å². The lowest BCUT2D eigenvalue weighted by atomic mass is 9.97. The van der Waals surface area contributed by atoms with E-state index in [1.807, 2.05) is 18.0 Å². The molecule has 0 aromatic carbocycles. The monoisotopic (exact) mass is 323 g/mol. The van der Waals surface area contributed by atoms with Gasteiger partial charge < -0.3 is 9.88 Å². The van der Waals surface area contributed by atoms with Crippen molar-refractivity contribution in [2.45, 2.75) is 30.0 Å². The number of aryl methyl sites for hydroxylation is 1. The highest BCUT2D eigenvalue weighted by atomic mass is 32.2. The van der Waals surface area contributed by atoms with Crippen LogP contribution in [0.4, 0.5) is 0 Å². The first-order chi connectivity index (χ1) is 10.2. The maximum atomic E-state index is 12.3. The first-order valence-electron chi connectivity index (χ1n) is 6.92. The number of amides is 1. The number of likely N-dealkylation sites (tertiary alicyclic amines) is 1. The number of carbonyl (C=O) groups is 1. The van der Waals surface area contributed by atoms with Crippen molar-refractivity contribution in [3.63, 3.8) is 0 Å². The largest absolute Gasteiger partial charge is 0.348 e. The summed E-state index contributed by atoms with van der Waals surface area (Å²) in [6, 6.07) is 0. The molecule has 0 radical (unpaired) electrons. The summed E-state index contributed by atoms with van der Waals surface area (Å²) in [4.78, 5) is 21.7. The standard InChI is InChI=1S/C13H17N5OS2/c1-9-16-17-13(21-9)20-8-11(19)18-6-2-3-10(7-18)12-14-4-5-15-12/h4-5,10H,2-3,6-8H2,1H3,(H,14,15)/t10-/m0/s1. The second-order valence-corrected chi connectivity index (χ2v) is 7.43. The van der Waals surface area contributed by atoms with Crippen LogP contribution in [0.25, 0.3) is 0 Å². The third-order valence-corrected chi connectivity index (χ3v) is 5.46. The minimum Gasteiger partial charge on any atom is -0.348 e. The Morgan fingerprint density at radius 2 is 2.48 bits per heavy atom. The SMILES string of the molecule is Cc1nnc(SCC(=O)N2CCC[C@H](c3ncc[nH]3)C2)s1. The molecule has 2 aromatic rings. The second kappa shape index (κ2) is 6.57. The van der Waals surface area contributed by atoms with Gasteiger partial charge in [-0.15, -0.1) is 10.2 Å². The Kier molecular flexibility index (Phi) is 4.54. The zero-order chi connectivity index (χ0) is 14.7. The number of aromatic nitrogens is 4. The van der Waals surface area contributed by atoms with Crippen LogP contribution in [0.5, 0.6) is 0 Å². The van der Waals surface area contributed by atoms with Gasteiger partial charge in [0.1, 0.15) is 10.8 Å². The Bertz CT molecular complexity index is 597. The van der Waals surface area contributed by atoms with E-state index in [1.54, 1.807) is 6.20 Å². The molecular formula is C13H17N5OS2. The van der Waals surface area contributed by atoms with Crippen molar-refractivity contribution in [2.75, 3.05) is 18.8 Å². The van der Waals surface area contributed by atoms with E-state index in [9.17, 15) is 4.79 Å². The number of nitrogens with zero attached hydrogens (tertiary/aromatic N) is 4. The fourth-order valence-corrected chi connectivity index (χ4v) is 4.20. The zero-order valence-electron chi connectivity index (χ0n) is 11.8.